The molecule has 1 aromatic carbocycles. The van der Waals surface area contributed by atoms with Gasteiger partial charge < -0.3 is 5.11 Å². The lowest BCUT2D eigenvalue weighted by Crippen LogP contribution is -2.21. The van der Waals surface area contributed by atoms with E-state index in [1.807, 2.05) is 32.9 Å². The highest BCUT2D eigenvalue weighted by atomic mass is 16.3. The first-order valence-electron chi connectivity index (χ1n) is 4.67. The van der Waals surface area contributed by atoms with E-state index in [1.165, 1.54) is 5.56 Å². The van der Waals surface area contributed by atoms with Crippen molar-refractivity contribution < 1.29 is 5.11 Å². The van der Waals surface area contributed by atoms with Crippen molar-refractivity contribution >= 4 is 0 Å². The third-order valence-electron chi connectivity index (χ3n) is 2.44. The molecule has 0 saturated heterocycles. The highest BCUT2D eigenvalue weighted by Gasteiger charge is 2.23. The molecule has 0 radical (unpaired) electrons. The molecule has 0 aliphatic heterocycles. The topological polar surface area (TPSA) is 20.2 Å². The lowest BCUT2D eigenvalue weighted by Gasteiger charge is -2.22. The Balaban J connectivity index is 3.44. The molecule has 0 bridgehead atoms. The SMILES string of the molecule is C#CC(C)(O)c1c(C)cc(C)cc1C. The van der Waals surface area contributed by atoms with Crippen molar-refractivity contribution in [1.82, 2.24) is 0 Å². The van der Waals surface area contributed by atoms with Gasteiger partial charge in [-0.25, -0.2) is 0 Å². The van der Waals surface area contributed by atoms with Crippen molar-refractivity contribution in [2.24, 2.45) is 0 Å². The molecule has 0 saturated carbocycles. The van der Waals surface area contributed by atoms with Crippen LogP contribution in [0.25, 0.3) is 0 Å². The highest BCUT2D eigenvalue weighted by Crippen LogP contribution is 2.27. The van der Waals surface area contributed by atoms with Gasteiger partial charge in [-0.15, -0.1) is 6.42 Å². The Kier molecular flexibility index (Phi) is 2.69. The lowest BCUT2D eigenvalue weighted by atomic mass is 9.88. The van der Waals surface area contributed by atoms with Gasteiger partial charge >= 0.3 is 0 Å². The van der Waals surface area contributed by atoms with E-state index in [2.05, 4.69) is 5.92 Å². The monoisotopic (exact) mass is 188 g/mol. The fourth-order valence-corrected chi connectivity index (χ4v) is 2.02. The van der Waals surface area contributed by atoms with Crippen LogP contribution in [0.5, 0.6) is 0 Å². The van der Waals surface area contributed by atoms with Crippen LogP contribution in [0.1, 0.15) is 29.2 Å². The molecule has 0 heterocycles. The first kappa shape index (κ1) is 10.8. The molecule has 1 atom stereocenters. The van der Waals surface area contributed by atoms with Gasteiger partial charge in [-0.3, -0.25) is 0 Å². The van der Waals surface area contributed by atoms with E-state index >= 15 is 0 Å². The third-order valence-corrected chi connectivity index (χ3v) is 2.44. The van der Waals surface area contributed by atoms with Crippen molar-refractivity contribution in [2.45, 2.75) is 33.3 Å². The van der Waals surface area contributed by atoms with Gasteiger partial charge in [0.05, 0.1) is 0 Å². The first-order valence-corrected chi connectivity index (χ1v) is 4.67. The summed E-state index contributed by atoms with van der Waals surface area (Å²) in [7, 11) is 0. The van der Waals surface area contributed by atoms with Crippen molar-refractivity contribution in [3.05, 3.63) is 34.4 Å². The van der Waals surface area contributed by atoms with E-state index < -0.39 is 5.60 Å². The number of terminal acetylenes is 1. The maximum absolute atomic E-state index is 10.0. The summed E-state index contributed by atoms with van der Waals surface area (Å²) in [4.78, 5) is 0. The summed E-state index contributed by atoms with van der Waals surface area (Å²) in [5.74, 6) is 2.41. The molecule has 0 amide bonds. The van der Waals surface area contributed by atoms with E-state index in [4.69, 9.17) is 6.42 Å². The predicted octanol–water partition coefficient (Wildman–Crippen LogP) is 2.45. The van der Waals surface area contributed by atoms with Crippen molar-refractivity contribution in [3.63, 3.8) is 0 Å². The van der Waals surface area contributed by atoms with E-state index in [9.17, 15) is 5.11 Å². The van der Waals surface area contributed by atoms with Gasteiger partial charge in [0.1, 0.15) is 5.60 Å². The van der Waals surface area contributed by atoms with Gasteiger partial charge in [0.25, 0.3) is 0 Å². The number of hydrogen-bond acceptors (Lipinski definition) is 1. The quantitative estimate of drug-likeness (QED) is 0.671. The van der Waals surface area contributed by atoms with Gasteiger partial charge in [0.15, 0.2) is 0 Å². The second-order valence-electron chi connectivity index (χ2n) is 3.99. The van der Waals surface area contributed by atoms with Crippen LogP contribution in [0.2, 0.25) is 0 Å². The maximum Gasteiger partial charge on any atom is 0.148 e. The summed E-state index contributed by atoms with van der Waals surface area (Å²) in [6.45, 7) is 7.63. The fraction of sp³-hybridized carbons (Fsp3) is 0.385. The Hall–Kier alpha value is -1.26. The van der Waals surface area contributed by atoms with E-state index in [0.29, 0.717) is 0 Å². The normalized spacial score (nSPS) is 14.6. The van der Waals surface area contributed by atoms with Gasteiger partial charge in [-0.05, 0) is 38.8 Å². The summed E-state index contributed by atoms with van der Waals surface area (Å²) >= 11 is 0. The van der Waals surface area contributed by atoms with Crippen molar-refractivity contribution in [1.29, 1.82) is 0 Å². The van der Waals surface area contributed by atoms with Crippen molar-refractivity contribution in [2.75, 3.05) is 0 Å². The van der Waals surface area contributed by atoms with E-state index in [1.54, 1.807) is 6.92 Å². The minimum atomic E-state index is -1.16. The third kappa shape index (κ3) is 1.81. The second-order valence-corrected chi connectivity index (χ2v) is 3.99. The number of rotatable bonds is 1. The number of aryl methyl sites for hydroxylation is 3. The van der Waals surface area contributed by atoms with Crippen LogP contribution in [0.4, 0.5) is 0 Å². The molecule has 1 N–H and O–H groups in total. The molecule has 0 fully saturated rings. The first-order chi connectivity index (χ1) is 6.38. The van der Waals surface area contributed by atoms with Gasteiger partial charge in [0.2, 0.25) is 0 Å². The molecule has 0 aliphatic carbocycles. The van der Waals surface area contributed by atoms with Crippen LogP contribution in [-0.4, -0.2) is 5.11 Å². The molecule has 1 nitrogen and oxygen atoms in total. The molecule has 74 valence electrons. The molecular formula is C13H16O. The lowest BCUT2D eigenvalue weighted by molar-refractivity contribution is 0.121. The van der Waals surface area contributed by atoms with Crippen LogP contribution in [0.3, 0.4) is 0 Å². The molecule has 0 aromatic heterocycles. The van der Waals surface area contributed by atoms with Crippen LogP contribution in [0, 0.1) is 33.1 Å². The van der Waals surface area contributed by atoms with Gasteiger partial charge in [-0.1, -0.05) is 23.6 Å². The Morgan fingerprint density at radius 3 is 2.00 bits per heavy atom. The van der Waals surface area contributed by atoms with Crippen LogP contribution in [-0.2, 0) is 5.60 Å². The molecular weight excluding hydrogens is 172 g/mol. The largest absolute Gasteiger partial charge is 0.374 e. The number of benzene rings is 1. The zero-order valence-electron chi connectivity index (χ0n) is 9.18. The van der Waals surface area contributed by atoms with Gasteiger partial charge in [0, 0.05) is 5.56 Å². The zero-order valence-corrected chi connectivity index (χ0v) is 9.18. The minimum Gasteiger partial charge on any atom is -0.374 e. The molecule has 0 aliphatic rings. The number of hydrogen-bond donors (Lipinski definition) is 1. The zero-order chi connectivity index (χ0) is 10.9. The Labute approximate surface area is 85.8 Å². The van der Waals surface area contributed by atoms with E-state index in [0.717, 1.165) is 16.7 Å². The summed E-state index contributed by atoms with van der Waals surface area (Å²) in [6.07, 6.45) is 5.31. The average molecular weight is 188 g/mol. The molecule has 14 heavy (non-hydrogen) atoms. The Morgan fingerprint density at radius 2 is 1.64 bits per heavy atom. The minimum absolute atomic E-state index is 0.852. The molecule has 1 heteroatoms. The summed E-state index contributed by atoms with van der Waals surface area (Å²) in [5.41, 5.74) is 2.97. The fourth-order valence-electron chi connectivity index (χ4n) is 2.02. The summed E-state index contributed by atoms with van der Waals surface area (Å²) in [6, 6.07) is 4.07. The average Bonchev–Trinajstić information content (AvgIpc) is 2.01. The van der Waals surface area contributed by atoms with Gasteiger partial charge in [-0.2, -0.15) is 0 Å². The van der Waals surface area contributed by atoms with Crippen LogP contribution < -0.4 is 0 Å². The second kappa shape index (κ2) is 3.48. The smallest absolute Gasteiger partial charge is 0.148 e. The Morgan fingerprint density at radius 1 is 1.21 bits per heavy atom. The summed E-state index contributed by atoms with van der Waals surface area (Å²) in [5, 5.41) is 10.0. The Bertz CT molecular complexity index is 371. The molecule has 1 aromatic rings. The number of aliphatic hydroxyl groups is 1. The predicted molar refractivity (Wildman–Crippen MR) is 59.1 cm³/mol. The van der Waals surface area contributed by atoms with Crippen LogP contribution in [0.15, 0.2) is 12.1 Å². The summed E-state index contributed by atoms with van der Waals surface area (Å²) < 4.78 is 0. The molecule has 1 unspecified atom stereocenters. The highest BCUT2D eigenvalue weighted by molar-refractivity contribution is 5.44. The van der Waals surface area contributed by atoms with Crippen LogP contribution >= 0.6 is 0 Å². The van der Waals surface area contributed by atoms with Crippen molar-refractivity contribution in [3.8, 4) is 12.3 Å². The van der Waals surface area contributed by atoms with E-state index in [-0.39, 0.29) is 0 Å². The standard InChI is InChI=1S/C13H16O/c1-6-13(5,14)12-10(3)7-9(2)8-11(12)4/h1,7-8,14H,2-5H3. The molecule has 1 rings (SSSR count). The molecule has 0 spiro atoms. The maximum atomic E-state index is 10.0.